The van der Waals surface area contributed by atoms with Crippen molar-refractivity contribution < 1.29 is 4.92 Å². The number of halogens is 1. The summed E-state index contributed by atoms with van der Waals surface area (Å²) in [5.74, 6) is 0.511. The molecule has 1 aliphatic rings. The summed E-state index contributed by atoms with van der Waals surface area (Å²) in [7, 11) is 0. The van der Waals surface area contributed by atoms with Crippen LogP contribution in [0.3, 0.4) is 0 Å². The molecule has 0 saturated heterocycles. The Morgan fingerprint density at radius 3 is 2.71 bits per heavy atom. The predicted octanol–water partition coefficient (Wildman–Crippen LogP) is 2.93. The Morgan fingerprint density at radius 2 is 2.24 bits per heavy atom. The first-order chi connectivity index (χ1) is 8.06. The maximum absolute atomic E-state index is 10.7. The first-order valence-electron chi connectivity index (χ1n) is 5.54. The monoisotopic (exact) mass is 275 g/mol. The molecule has 0 aliphatic heterocycles. The van der Waals surface area contributed by atoms with Crippen LogP contribution >= 0.6 is 24.2 Å². The summed E-state index contributed by atoms with van der Waals surface area (Å²) in [6, 6.07) is 0. The molecule has 1 saturated carbocycles. The van der Waals surface area contributed by atoms with Crippen molar-refractivity contribution in [1.29, 1.82) is 0 Å². The first kappa shape index (κ1) is 12.7. The zero-order valence-corrected chi connectivity index (χ0v) is 11.0. The van der Waals surface area contributed by atoms with Crippen molar-refractivity contribution >= 4 is 30.0 Å². The Morgan fingerprint density at radius 1 is 1.59 bits per heavy atom. The van der Waals surface area contributed by atoms with Gasteiger partial charge in [0.05, 0.1) is 17.8 Å². The molecule has 1 aliphatic carbocycles. The minimum atomic E-state index is -0.555. The minimum Gasteiger partial charge on any atom is -0.358 e. The molecular formula is C10H14ClN3O2S. The summed E-state index contributed by atoms with van der Waals surface area (Å²) in [5, 5.41) is 14.7. The van der Waals surface area contributed by atoms with Gasteiger partial charge in [0.25, 0.3) is 0 Å². The molecule has 17 heavy (non-hydrogen) atoms. The predicted molar refractivity (Wildman–Crippen MR) is 68.6 cm³/mol. The topological polar surface area (TPSA) is 61.0 Å². The summed E-state index contributed by atoms with van der Waals surface area (Å²) in [6.45, 7) is 0.657. The lowest BCUT2D eigenvalue weighted by atomic mass is 9.88. The molecule has 0 atom stereocenters. The van der Waals surface area contributed by atoms with Crippen molar-refractivity contribution in [2.24, 2.45) is 5.41 Å². The number of thiol groups is 1. The zero-order valence-electron chi connectivity index (χ0n) is 9.30. The second-order valence-electron chi connectivity index (χ2n) is 4.62. The summed E-state index contributed by atoms with van der Waals surface area (Å²) < 4.78 is 1.59. The molecule has 0 amide bonds. The van der Waals surface area contributed by atoms with E-state index in [0.717, 1.165) is 18.6 Å². The Bertz CT molecular complexity index is 429. The van der Waals surface area contributed by atoms with Gasteiger partial charge in [0.1, 0.15) is 0 Å². The standard InChI is InChI=1S/C10H14ClN3O2S/c11-8-5-13(12-9(8)14(15)16)6-10(7-17)3-1-2-4-10/h5,17H,1-4,6-7H2. The molecule has 1 heterocycles. The summed E-state index contributed by atoms with van der Waals surface area (Å²) in [4.78, 5) is 10.1. The highest BCUT2D eigenvalue weighted by Crippen LogP contribution is 2.40. The number of aromatic nitrogens is 2. The third kappa shape index (κ3) is 2.57. The van der Waals surface area contributed by atoms with Crippen LogP contribution in [-0.2, 0) is 6.54 Å². The van der Waals surface area contributed by atoms with Gasteiger partial charge in [0.2, 0.25) is 0 Å². The lowest BCUT2D eigenvalue weighted by molar-refractivity contribution is -0.389. The highest BCUT2D eigenvalue weighted by molar-refractivity contribution is 7.80. The van der Waals surface area contributed by atoms with E-state index in [1.807, 2.05) is 0 Å². The average Bonchev–Trinajstić information content (AvgIpc) is 2.87. The molecule has 0 spiro atoms. The van der Waals surface area contributed by atoms with Crippen LogP contribution < -0.4 is 0 Å². The molecule has 1 aromatic rings. The molecule has 2 rings (SSSR count). The van der Waals surface area contributed by atoms with Gasteiger partial charge in [-0.25, -0.2) is 0 Å². The normalized spacial score (nSPS) is 18.5. The van der Waals surface area contributed by atoms with Crippen LogP contribution in [0.25, 0.3) is 0 Å². The van der Waals surface area contributed by atoms with Crippen LogP contribution in [0.4, 0.5) is 5.82 Å². The molecule has 1 aromatic heterocycles. The number of rotatable bonds is 4. The molecular weight excluding hydrogens is 262 g/mol. The van der Waals surface area contributed by atoms with Crippen LogP contribution in [-0.4, -0.2) is 20.5 Å². The number of nitrogens with zero attached hydrogens (tertiary/aromatic N) is 3. The van der Waals surface area contributed by atoms with E-state index in [1.165, 1.54) is 19.0 Å². The first-order valence-corrected chi connectivity index (χ1v) is 6.56. The quantitative estimate of drug-likeness (QED) is 0.522. The van der Waals surface area contributed by atoms with Gasteiger partial charge in [-0.2, -0.15) is 17.3 Å². The van der Waals surface area contributed by atoms with Crippen molar-refractivity contribution in [1.82, 2.24) is 9.78 Å². The number of hydrogen-bond acceptors (Lipinski definition) is 4. The van der Waals surface area contributed by atoms with E-state index in [1.54, 1.807) is 4.68 Å². The molecule has 5 nitrogen and oxygen atoms in total. The van der Waals surface area contributed by atoms with E-state index < -0.39 is 4.92 Å². The van der Waals surface area contributed by atoms with Crippen molar-refractivity contribution in [3.8, 4) is 0 Å². The van der Waals surface area contributed by atoms with E-state index >= 15 is 0 Å². The zero-order chi connectivity index (χ0) is 12.5. The Balaban J connectivity index is 2.18. The molecule has 0 bridgehead atoms. The lowest BCUT2D eigenvalue weighted by Crippen LogP contribution is -2.25. The number of hydrogen-bond donors (Lipinski definition) is 1. The number of nitro groups is 1. The highest BCUT2D eigenvalue weighted by Gasteiger charge is 2.35. The molecule has 94 valence electrons. The van der Waals surface area contributed by atoms with Crippen molar-refractivity contribution in [2.75, 3.05) is 5.75 Å². The largest absolute Gasteiger partial charge is 0.408 e. The highest BCUT2D eigenvalue weighted by atomic mass is 35.5. The van der Waals surface area contributed by atoms with Crippen molar-refractivity contribution in [3.05, 3.63) is 21.3 Å². The summed E-state index contributed by atoms with van der Waals surface area (Å²) >= 11 is 10.2. The van der Waals surface area contributed by atoms with Gasteiger partial charge in [0, 0.05) is 5.41 Å². The van der Waals surface area contributed by atoms with E-state index in [2.05, 4.69) is 17.7 Å². The Hall–Kier alpha value is -0.750. The molecule has 0 unspecified atom stereocenters. The SMILES string of the molecule is O=[N+]([O-])c1nn(CC2(CS)CCCC2)cc1Cl. The smallest absolute Gasteiger partial charge is 0.358 e. The maximum Gasteiger partial charge on any atom is 0.408 e. The fraction of sp³-hybridized carbons (Fsp3) is 0.700. The van der Waals surface area contributed by atoms with E-state index in [0.29, 0.717) is 6.54 Å². The maximum atomic E-state index is 10.7. The lowest BCUT2D eigenvalue weighted by Gasteiger charge is -2.25. The van der Waals surface area contributed by atoms with Crippen molar-refractivity contribution in [3.63, 3.8) is 0 Å². The molecule has 0 radical (unpaired) electrons. The van der Waals surface area contributed by atoms with E-state index in [4.69, 9.17) is 11.6 Å². The van der Waals surface area contributed by atoms with Crippen LogP contribution in [0.2, 0.25) is 5.02 Å². The molecule has 0 N–H and O–H groups in total. The van der Waals surface area contributed by atoms with Crippen molar-refractivity contribution in [2.45, 2.75) is 32.2 Å². The fourth-order valence-electron chi connectivity index (χ4n) is 2.43. The summed E-state index contributed by atoms with van der Waals surface area (Å²) in [5.41, 5.74) is 0.117. The fourth-order valence-corrected chi connectivity index (χ4v) is 3.06. The second-order valence-corrected chi connectivity index (χ2v) is 5.34. The van der Waals surface area contributed by atoms with Crippen LogP contribution in [0.5, 0.6) is 0 Å². The van der Waals surface area contributed by atoms with E-state index in [-0.39, 0.29) is 16.3 Å². The van der Waals surface area contributed by atoms with Gasteiger partial charge in [-0.3, -0.25) is 0 Å². The summed E-state index contributed by atoms with van der Waals surface area (Å²) in [6.07, 6.45) is 6.11. The molecule has 0 aromatic carbocycles. The van der Waals surface area contributed by atoms with Gasteiger partial charge in [-0.05, 0) is 23.5 Å². The Kier molecular flexibility index (Phi) is 3.63. The van der Waals surface area contributed by atoms with E-state index in [9.17, 15) is 10.1 Å². The minimum absolute atomic E-state index is 0.0994. The molecule has 7 heteroatoms. The molecule has 1 fully saturated rings. The van der Waals surface area contributed by atoms with Gasteiger partial charge >= 0.3 is 5.82 Å². The van der Waals surface area contributed by atoms with Gasteiger partial charge in [0.15, 0.2) is 5.02 Å². The average molecular weight is 276 g/mol. The van der Waals surface area contributed by atoms with Gasteiger partial charge < -0.3 is 10.1 Å². The van der Waals surface area contributed by atoms with Gasteiger partial charge in [-0.1, -0.05) is 24.4 Å². The second kappa shape index (κ2) is 4.86. The third-order valence-corrected chi connectivity index (χ3v) is 4.31. The van der Waals surface area contributed by atoms with Crippen LogP contribution in [0.1, 0.15) is 25.7 Å². The van der Waals surface area contributed by atoms with Crippen LogP contribution in [0, 0.1) is 15.5 Å². The Labute approximate surface area is 110 Å². The third-order valence-electron chi connectivity index (χ3n) is 3.37. The van der Waals surface area contributed by atoms with Crippen LogP contribution in [0.15, 0.2) is 6.20 Å². The van der Waals surface area contributed by atoms with Gasteiger partial charge in [-0.15, -0.1) is 0 Å².